The highest BCUT2D eigenvalue weighted by atomic mass is 32.2. The lowest BCUT2D eigenvalue weighted by molar-refractivity contribution is -0.120. The molecule has 0 aliphatic heterocycles. The van der Waals surface area contributed by atoms with Crippen molar-refractivity contribution < 1.29 is 22.7 Å². The number of amides is 1. The molecular formula is C27H32N2O5S. The predicted molar refractivity (Wildman–Crippen MR) is 138 cm³/mol. The number of methoxy groups -OCH3 is 2. The molecule has 0 aliphatic carbocycles. The van der Waals surface area contributed by atoms with Gasteiger partial charge in [0.25, 0.3) is 10.0 Å². The third-order valence-corrected chi connectivity index (χ3v) is 7.60. The summed E-state index contributed by atoms with van der Waals surface area (Å²) in [6.45, 7) is 7.29. The van der Waals surface area contributed by atoms with Crippen LogP contribution in [0.5, 0.6) is 11.5 Å². The number of nitrogens with one attached hydrogen (secondary N) is 1. The van der Waals surface area contributed by atoms with E-state index in [9.17, 15) is 13.2 Å². The Morgan fingerprint density at radius 2 is 1.57 bits per heavy atom. The molecule has 1 amide bonds. The van der Waals surface area contributed by atoms with E-state index in [-0.39, 0.29) is 16.6 Å². The number of sulfonamides is 1. The molecule has 3 aromatic rings. The van der Waals surface area contributed by atoms with Crippen LogP contribution in [0.3, 0.4) is 0 Å². The van der Waals surface area contributed by atoms with Gasteiger partial charge in [-0.3, -0.25) is 9.10 Å². The van der Waals surface area contributed by atoms with Crippen LogP contribution in [0.2, 0.25) is 0 Å². The molecule has 35 heavy (non-hydrogen) atoms. The Labute approximate surface area is 207 Å². The average Bonchev–Trinajstić information content (AvgIpc) is 2.83. The summed E-state index contributed by atoms with van der Waals surface area (Å²) >= 11 is 0. The molecule has 0 fully saturated rings. The molecule has 0 spiro atoms. The van der Waals surface area contributed by atoms with Crippen LogP contribution in [0.4, 0.5) is 5.69 Å². The van der Waals surface area contributed by atoms with E-state index in [1.165, 1.54) is 26.4 Å². The van der Waals surface area contributed by atoms with Gasteiger partial charge in [0.05, 0.1) is 30.8 Å². The SMILES string of the molecule is COc1ccc(OC)c(N(CC(=O)NC(C)c2cc(C)ccc2C)S(=O)(=O)c2ccc(C)cc2)c1. The summed E-state index contributed by atoms with van der Waals surface area (Å²) in [6.07, 6.45) is 0. The molecule has 0 radical (unpaired) electrons. The lowest BCUT2D eigenvalue weighted by Gasteiger charge is -2.27. The quantitative estimate of drug-likeness (QED) is 0.464. The van der Waals surface area contributed by atoms with Gasteiger partial charge in [0, 0.05) is 6.07 Å². The van der Waals surface area contributed by atoms with Gasteiger partial charge in [-0.15, -0.1) is 0 Å². The molecule has 1 unspecified atom stereocenters. The summed E-state index contributed by atoms with van der Waals surface area (Å²) in [6, 6.07) is 17.1. The molecule has 1 atom stereocenters. The van der Waals surface area contributed by atoms with Gasteiger partial charge in [-0.25, -0.2) is 8.42 Å². The van der Waals surface area contributed by atoms with Gasteiger partial charge in [0.15, 0.2) is 0 Å². The third-order valence-electron chi connectivity index (χ3n) is 5.83. The van der Waals surface area contributed by atoms with Crippen molar-refractivity contribution >= 4 is 21.6 Å². The summed E-state index contributed by atoms with van der Waals surface area (Å²) < 4.78 is 39.3. The minimum absolute atomic E-state index is 0.0725. The zero-order valence-corrected chi connectivity index (χ0v) is 21.8. The third kappa shape index (κ3) is 5.95. The van der Waals surface area contributed by atoms with E-state index < -0.39 is 22.5 Å². The average molecular weight is 497 g/mol. The van der Waals surface area contributed by atoms with Crippen LogP contribution < -0.4 is 19.1 Å². The lowest BCUT2D eigenvalue weighted by Crippen LogP contribution is -2.41. The molecule has 1 N–H and O–H groups in total. The number of rotatable bonds is 9. The van der Waals surface area contributed by atoms with Crippen molar-refractivity contribution in [2.75, 3.05) is 25.1 Å². The summed E-state index contributed by atoms with van der Waals surface area (Å²) in [5, 5.41) is 2.95. The topological polar surface area (TPSA) is 84.9 Å². The molecule has 0 aromatic heterocycles. The summed E-state index contributed by atoms with van der Waals surface area (Å²) in [4.78, 5) is 13.3. The van der Waals surface area contributed by atoms with Crippen molar-refractivity contribution in [3.63, 3.8) is 0 Å². The van der Waals surface area contributed by atoms with Crippen LogP contribution in [0.15, 0.2) is 65.6 Å². The number of hydrogen-bond acceptors (Lipinski definition) is 5. The van der Waals surface area contributed by atoms with Crippen LogP contribution >= 0.6 is 0 Å². The van der Waals surface area contributed by atoms with Gasteiger partial charge in [-0.1, -0.05) is 41.5 Å². The van der Waals surface area contributed by atoms with Crippen molar-refractivity contribution in [1.82, 2.24) is 5.32 Å². The standard InChI is InChI=1S/C27H32N2O5S/c1-18-8-12-23(13-9-18)35(31,32)29(25-16-22(33-5)11-14-26(25)34-6)17-27(30)28-21(4)24-15-19(2)7-10-20(24)3/h7-16,21H,17H2,1-6H3,(H,28,30). The van der Waals surface area contributed by atoms with Crippen LogP contribution in [0, 0.1) is 20.8 Å². The molecule has 8 heteroatoms. The first-order valence-corrected chi connectivity index (χ1v) is 12.7. The molecule has 0 aliphatic rings. The monoisotopic (exact) mass is 496 g/mol. The lowest BCUT2D eigenvalue weighted by atomic mass is 10.00. The fourth-order valence-electron chi connectivity index (χ4n) is 3.85. The second-order valence-electron chi connectivity index (χ2n) is 8.51. The van der Waals surface area contributed by atoms with Crippen molar-refractivity contribution in [2.24, 2.45) is 0 Å². The zero-order valence-electron chi connectivity index (χ0n) is 21.0. The van der Waals surface area contributed by atoms with E-state index in [0.29, 0.717) is 11.5 Å². The van der Waals surface area contributed by atoms with Crippen molar-refractivity contribution in [1.29, 1.82) is 0 Å². The largest absolute Gasteiger partial charge is 0.497 e. The second-order valence-corrected chi connectivity index (χ2v) is 10.4. The summed E-state index contributed by atoms with van der Waals surface area (Å²) in [5.41, 5.74) is 4.24. The highest BCUT2D eigenvalue weighted by molar-refractivity contribution is 7.92. The van der Waals surface area contributed by atoms with E-state index in [0.717, 1.165) is 26.6 Å². The normalized spacial score (nSPS) is 12.1. The maximum absolute atomic E-state index is 13.8. The van der Waals surface area contributed by atoms with E-state index in [2.05, 4.69) is 5.32 Å². The fourth-order valence-corrected chi connectivity index (χ4v) is 5.27. The summed E-state index contributed by atoms with van der Waals surface area (Å²) in [7, 11) is -1.16. The zero-order chi connectivity index (χ0) is 25.8. The van der Waals surface area contributed by atoms with Crippen LogP contribution in [0.1, 0.15) is 35.2 Å². The van der Waals surface area contributed by atoms with Crippen LogP contribution in [-0.4, -0.2) is 35.1 Å². The van der Waals surface area contributed by atoms with E-state index in [1.807, 2.05) is 45.9 Å². The molecular weight excluding hydrogens is 464 g/mol. The van der Waals surface area contributed by atoms with Gasteiger partial charge in [0.1, 0.15) is 18.0 Å². The van der Waals surface area contributed by atoms with E-state index in [4.69, 9.17) is 9.47 Å². The summed E-state index contributed by atoms with van der Waals surface area (Å²) in [5.74, 6) is 0.296. The minimum atomic E-state index is -4.10. The van der Waals surface area contributed by atoms with Gasteiger partial charge in [-0.05, 0) is 63.1 Å². The fraction of sp³-hybridized carbons (Fsp3) is 0.296. The molecule has 0 saturated carbocycles. The Bertz CT molecular complexity index is 1300. The Hall–Kier alpha value is -3.52. The number of hydrogen-bond donors (Lipinski definition) is 1. The number of anilines is 1. The molecule has 186 valence electrons. The molecule has 0 saturated heterocycles. The number of benzene rings is 3. The van der Waals surface area contributed by atoms with E-state index >= 15 is 0 Å². The maximum atomic E-state index is 13.8. The Kier molecular flexibility index (Phi) is 8.07. The minimum Gasteiger partial charge on any atom is -0.497 e. The smallest absolute Gasteiger partial charge is 0.264 e. The van der Waals surface area contributed by atoms with Crippen molar-refractivity contribution in [2.45, 2.75) is 38.6 Å². The van der Waals surface area contributed by atoms with E-state index in [1.54, 1.807) is 30.3 Å². The first-order valence-electron chi connectivity index (χ1n) is 11.2. The molecule has 0 bridgehead atoms. The highest BCUT2D eigenvalue weighted by Gasteiger charge is 2.30. The highest BCUT2D eigenvalue weighted by Crippen LogP contribution is 2.35. The molecule has 3 rings (SSSR count). The van der Waals surface area contributed by atoms with Crippen LogP contribution in [-0.2, 0) is 14.8 Å². The Morgan fingerprint density at radius 3 is 2.20 bits per heavy atom. The number of aryl methyl sites for hydroxylation is 3. The van der Waals surface area contributed by atoms with Crippen molar-refractivity contribution in [3.8, 4) is 11.5 Å². The number of carbonyl (C=O) groups is 1. The van der Waals surface area contributed by atoms with Gasteiger partial charge < -0.3 is 14.8 Å². The number of nitrogens with zero attached hydrogens (tertiary/aromatic N) is 1. The number of ether oxygens (including phenoxy) is 2. The first-order chi connectivity index (χ1) is 16.6. The van der Waals surface area contributed by atoms with Gasteiger partial charge in [0.2, 0.25) is 5.91 Å². The molecule has 3 aromatic carbocycles. The van der Waals surface area contributed by atoms with Crippen molar-refractivity contribution in [3.05, 3.63) is 82.9 Å². The Balaban J connectivity index is 2.01. The number of carbonyl (C=O) groups excluding carboxylic acids is 1. The first kappa shape index (κ1) is 26.1. The maximum Gasteiger partial charge on any atom is 0.264 e. The van der Waals surface area contributed by atoms with Gasteiger partial charge >= 0.3 is 0 Å². The molecule has 7 nitrogen and oxygen atoms in total. The molecule has 0 heterocycles. The second kappa shape index (κ2) is 10.8. The predicted octanol–water partition coefficient (Wildman–Crippen LogP) is 4.70. The van der Waals surface area contributed by atoms with Crippen LogP contribution in [0.25, 0.3) is 0 Å². The Morgan fingerprint density at radius 1 is 0.914 bits per heavy atom. The van der Waals surface area contributed by atoms with Gasteiger partial charge in [-0.2, -0.15) is 0 Å².